The molecule has 0 saturated carbocycles. The number of fused-ring (bicyclic) bond motifs is 1. The first-order valence-electron chi connectivity index (χ1n) is 8.62. The summed E-state index contributed by atoms with van der Waals surface area (Å²) in [5.74, 6) is -2.31. The minimum Gasteiger partial charge on any atom is -0.463 e. The first kappa shape index (κ1) is 21.4. The molecule has 30 heavy (non-hydrogen) atoms. The van der Waals surface area contributed by atoms with Gasteiger partial charge in [0.25, 0.3) is 5.56 Å². The lowest BCUT2D eigenvalue weighted by Gasteiger charge is -2.23. The summed E-state index contributed by atoms with van der Waals surface area (Å²) >= 11 is 0.588. The molecule has 0 amide bonds. The predicted octanol–water partition coefficient (Wildman–Crippen LogP) is -0.948. The molecule has 0 aromatic carbocycles. The van der Waals surface area contributed by atoms with E-state index < -0.39 is 52.9 Å². The monoisotopic (exact) mass is 442 g/mol. The molecule has 0 radical (unpaired) electrons. The fourth-order valence-electron chi connectivity index (χ4n) is 3.07. The smallest absolute Gasteiger partial charge is 0.311 e. The molecule has 3 heterocycles. The molecule has 0 aliphatic carbocycles. The van der Waals surface area contributed by atoms with Crippen LogP contribution < -0.4 is 16.2 Å². The van der Waals surface area contributed by atoms with Gasteiger partial charge in [0.2, 0.25) is 5.95 Å². The normalized spacial score (nSPS) is 23.3. The molecule has 1 saturated heterocycles. The molecule has 4 atom stereocenters. The number of anilines is 1. The Morgan fingerprint density at radius 3 is 2.37 bits per heavy atom. The number of thiazole rings is 1. The molecule has 3 rings (SSSR count). The predicted molar refractivity (Wildman–Crippen MR) is 101 cm³/mol. The summed E-state index contributed by atoms with van der Waals surface area (Å²) in [6.45, 7) is 3.09. The lowest BCUT2D eigenvalue weighted by atomic mass is 10.1. The van der Waals surface area contributed by atoms with Gasteiger partial charge in [-0.05, 0) is 0 Å². The number of hydrogen-bond acceptors (Lipinski definition) is 12. The number of nitrogens with two attached hydrogens (primary N) is 1. The summed E-state index contributed by atoms with van der Waals surface area (Å²) in [5, 5.41) is 0. The maximum Gasteiger partial charge on any atom is 0.311 e. The zero-order valence-electron chi connectivity index (χ0n) is 16.1. The number of hydrogen-bond donors (Lipinski definition) is 2. The SMILES string of the molecule is CC(=O)OC[C@H]1O[C@@H](n2c(=O)sc3c(=O)[nH]c(N)nc32)[C@H](OC(C)=O)[C@@H]1OC(C)=O. The third kappa shape index (κ3) is 4.18. The van der Waals surface area contributed by atoms with Crippen LogP contribution in [0.4, 0.5) is 5.95 Å². The standard InChI is InChI=1S/C16H18N4O9S/c1-5(21)26-4-8-9(27-6(2)22)10(28-7(3)23)14(29-8)20-12-11(30-16(20)25)13(24)19-15(17)18-12/h8-10,14H,4H2,1-3H3,(H3,17,18,19,24)/t8-,9-,10-,14-/m1/s1. The molecule has 2 aromatic rings. The van der Waals surface area contributed by atoms with Gasteiger partial charge in [0.1, 0.15) is 17.4 Å². The number of nitrogen functional groups attached to an aromatic ring is 1. The van der Waals surface area contributed by atoms with Crippen molar-refractivity contribution in [3.63, 3.8) is 0 Å². The number of rotatable bonds is 5. The lowest BCUT2D eigenvalue weighted by molar-refractivity contribution is -0.166. The molecule has 1 aliphatic rings. The molecule has 2 aromatic heterocycles. The highest BCUT2D eigenvalue weighted by Gasteiger charge is 2.51. The molecule has 14 heteroatoms. The molecular weight excluding hydrogens is 424 g/mol. The topological polar surface area (TPSA) is 182 Å². The second-order valence-electron chi connectivity index (χ2n) is 6.36. The van der Waals surface area contributed by atoms with E-state index in [1.54, 1.807) is 0 Å². The van der Waals surface area contributed by atoms with Gasteiger partial charge < -0.3 is 24.7 Å². The Kier molecular flexibility index (Phi) is 5.89. The number of nitrogens with zero attached hydrogens (tertiary/aromatic N) is 2. The van der Waals surface area contributed by atoms with E-state index in [0.29, 0.717) is 11.3 Å². The molecule has 0 unspecified atom stereocenters. The zero-order chi connectivity index (χ0) is 22.2. The molecule has 3 N–H and O–H groups in total. The van der Waals surface area contributed by atoms with Crippen molar-refractivity contribution in [3.8, 4) is 0 Å². The van der Waals surface area contributed by atoms with Crippen LogP contribution in [-0.2, 0) is 33.3 Å². The third-order valence-corrected chi connectivity index (χ3v) is 5.03. The minimum atomic E-state index is -1.33. The van der Waals surface area contributed by atoms with Crippen molar-refractivity contribution < 1.29 is 33.3 Å². The van der Waals surface area contributed by atoms with Crippen molar-refractivity contribution in [1.29, 1.82) is 0 Å². The second-order valence-corrected chi connectivity index (χ2v) is 7.32. The first-order valence-corrected chi connectivity index (χ1v) is 9.44. The summed E-state index contributed by atoms with van der Waals surface area (Å²) in [6, 6.07) is 0. The van der Waals surface area contributed by atoms with E-state index in [1.807, 2.05) is 0 Å². The van der Waals surface area contributed by atoms with Gasteiger partial charge in [-0.3, -0.25) is 33.5 Å². The van der Waals surface area contributed by atoms with E-state index in [-0.39, 0.29) is 22.9 Å². The van der Waals surface area contributed by atoms with E-state index in [9.17, 15) is 24.0 Å². The van der Waals surface area contributed by atoms with Crippen molar-refractivity contribution in [2.24, 2.45) is 0 Å². The highest BCUT2D eigenvalue weighted by atomic mass is 32.1. The zero-order valence-corrected chi connectivity index (χ0v) is 16.9. The van der Waals surface area contributed by atoms with Crippen LogP contribution in [0.2, 0.25) is 0 Å². The maximum absolute atomic E-state index is 12.7. The van der Waals surface area contributed by atoms with Crippen LogP contribution in [0.1, 0.15) is 27.0 Å². The molecular formula is C16H18N4O9S. The van der Waals surface area contributed by atoms with Gasteiger partial charge in [-0.15, -0.1) is 0 Å². The molecule has 0 bridgehead atoms. The second kappa shape index (κ2) is 8.23. The van der Waals surface area contributed by atoms with Gasteiger partial charge in [0.15, 0.2) is 24.1 Å². The number of aromatic amines is 1. The van der Waals surface area contributed by atoms with E-state index >= 15 is 0 Å². The van der Waals surface area contributed by atoms with Crippen molar-refractivity contribution in [1.82, 2.24) is 14.5 Å². The van der Waals surface area contributed by atoms with Crippen LogP contribution in [-0.4, -0.2) is 57.4 Å². The van der Waals surface area contributed by atoms with Crippen LogP contribution in [0.3, 0.4) is 0 Å². The van der Waals surface area contributed by atoms with Crippen molar-refractivity contribution in [3.05, 3.63) is 20.0 Å². The number of carbonyl (C=O) groups is 3. The summed E-state index contributed by atoms with van der Waals surface area (Å²) in [6.07, 6.45) is -4.87. The molecule has 1 fully saturated rings. The highest BCUT2D eigenvalue weighted by Crippen LogP contribution is 2.35. The first-order chi connectivity index (χ1) is 14.1. The average Bonchev–Trinajstić information content (AvgIpc) is 3.10. The third-order valence-electron chi connectivity index (χ3n) is 4.09. The number of nitrogens with one attached hydrogen (secondary N) is 1. The Hall–Kier alpha value is -3.26. The largest absolute Gasteiger partial charge is 0.463 e. The summed E-state index contributed by atoms with van der Waals surface area (Å²) in [5.41, 5.74) is 4.86. The number of carbonyl (C=O) groups excluding carboxylic acids is 3. The van der Waals surface area contributed by atoms with Crippen molar-refractivity contribution >= 4 is 45.5 Å². The summed E-state index contributed by atoms with van der Waals surface area (Å²) in [4.78, 5) is 64.9. The van der Waals surface area contributed by atoms with Crippen LogP contribution in [0.25, 0.3) is 10.3 Å². The van der Waals surface area contributed by atoms with E-state index in [1.165, 1.54) is 6.92 Å². The van der Waals surface area contributed by atoms with Gasteiger partial charge in [0.05, 0.1) is 0 Å². The highest BCUT2D eigenvalue weighted by molar-refractivity contribution is 7.16. The summed E-state index contributed by atoms with van der Waals surface area (Å²) in [7, 11) is 0. The Labute approximate surface area is 171 Å². The van der Waals surface area contributed by atoms with E-state index in [4.69, 9.17) is 24.7 Å². The lowest BCUT2D eigenvalue weighted by Crippen LogP contribution is -2.41. The molecule has 0 spiro atoms. The van der Waals surface area contributed by atoms with Crippen LogP contribution in [0.15, 0.2) is 9.59 Å². The Bertz CT molecular complexity index is 1120. The number of aromatic nitrogens is 3. The maximum atomic E-state index is 12.7. The number of H-pyrrole nitrogens is 1. The van der Waals surface area contributed by atoms with Crippen molar-refractivity contribution in [2.75, 3.05) is 12.3 Å². The average molecular weight is 442 g/mol. The number of ether oxygens (including phenoxy) is 4. The van der Waals surface area contributed by atoms with Crippen LogP contribution in [0.5, 0.6) is 0 Å². The van der Waals surface area contributed by atoms with Crippen LogP contribution in [0, 0.1) is 0 Å². The van der Waals surface area contributed by atoms with Gasteiger partial charge in [-0.2, -0.15) is 4.98 Å². The fourth-order valence-corrected chi connectivity index (χ4v) is 3.91. The quantitative estimate of drug-likeness (QED) is 0.430. The van der Waals surface area contributed by atoms with Gasteiger partial charge >= 0.3 is 22.8 Å². The molecule has 162 valence electrons. The molecule has 13 nitrogen and oxygen atoms in total. The van der Waals surface area contributed by atoms with Crippen molar-refractivity contribution in [2.45, 2.75) is 45.3 Å². The Morgan fingerprint density at radius 1 is 1.13 bits per heavy atom. The Balaban J connectivity index is 2.13. The molecule has 1 aliphatic heterocycles. The minimum absolute atomic E-state index is 0.0214. The Morgan fingerprint density at radius 2 is 1.77 bits per heavy atom. The summed E-state index contributed by atoms with van der Waals surface area (Å²) < 4.78 is 22.2. The van der Waals surface area contributed by atoms with Gasteiger partial charge in [0, 0.05) is 20.8 Å². The van der Waals surface area contributed by atoms with Gasteiger partial charge in [-0.25, -0.2) is 0 Å². The number of esters is 3. The fraction of sp³-hybridized carbons (Fsp3) is 0.500. The van der Waals surface area contributed by atoms with Gasteiger partial charge in [-0.1, -0.05) is 11.3 Å². The van der Waals surface area contributed by atoms with E-state index in [0.717, 1.165) is 18.4 Å². The van der Waals surface area contributed by atoms with Crippen LogP contribution >= 0.6 is 11.3 Å². The van der Waals surface area contributed by atoms with E-state index in [2.05, 4.69) is 9.97 Å².